The van der Waals surface area contributed by atoms with Gasteiger partial charge < -0.3 is 10.4 Å². The van der Waals surface area contributed by atoms with Crippen molar-refractivity contribution >= 4 is 11.6 Å². The van der Waals surface area contributed by atoms with Crippen molar-refractivity contribution in [2.45, 2.75) is 24.9 Å². The lowest BCUT2D eigenvalue weighted by molar-refractivity contribution is -0.0241. The molecule has 1 aromatic rings. The number of fused-ring (bicyclic) bond motifs is 1. The second kappa shape index (κ2) is 6.29. The predicted molar refractivity (Wildman–Crippen MR) is 95.5 cm³/mol. The molecule has 0 spiro atoms. The molecule has 1 unspecified atom stereocenters. The van der Waals surface area contributed by atoms with Crippen LogP contribution in [0.2, 0.25) is 5.02 Å². The van der Waals surface area contributed by atoms with Crippen LogP contribution in [0, 0.1) is 5.92 Å². The summed E-state index contributed by atoms with van der Waals surface area (Å²) < 4.78 is 0. The molecule has 1 atom stereocenters. The highest BCUT2D eigenvalue weighted by Crippen LogP contribution is 2.35. The van der Waals surface area contributed by atoms with Gasteiger partial charge in [-0.1, -0.05) is 29.5 Å². The Balaban J connectivity index is 1.38. The number of hydrogen-bond acceptors (Lipinski definition) is 3. The van der Waals surface area contributed by atoms with Gasteiger partial charge in [0.2, 0.25) is 0 Å². The number of benzene rings is 1. The van der Waals surface area contributed by atoms with Gasteiger partial charge in [0.1, 0.15) is 0 Å². The van der Waals surface area contributed by atoms with Crippen molar-refractivity contribution < 1.29 is 5.11 Å². The summed E-state index contributed by atoms with van der Waals surface area (Å²) in [5, 5.41) is 15.0. The number of nitrogens with zero attached hydrogens (tertiary/aromatic N) is 1. The maximum atomic E-state index is 11.0. The smallest absolute Gasteiger partial charge is 0.0920 e. The first kappa shape index (κ1) is 15.8. The molecule has 0 bridgehead atoms. The summed E-state index contributed by atoms with van der Waals surface area (Å²) in [6, 6.07) is 7.60. The van der Waals surface area contributed by atoms with Gasteiger partial charge >= 0.3 is 0 Å². The number of piperidine rings is 1. The molecule has 1 saturated heterocycles. The van der Waals surface area contributed by atoms with E-state index in [1.54, 1.807) is 0 Å². The summed E-state index contributed by atoms with van der Waals surface area (Å²) in [6.45, 7) is 2.75. The van der Waals surface area contributed by atoms with Crippen LogP contribution < -0.4 is 5.32 Å². The van der Waals surface area contributed by atoms with Crippen molar-refractivity contribution in [3.05, 3.63) is 69.9 Å². The van der Waals surface area contributed by atoms with Crippen LogP contribution in [0.1, 0.15) is 24.8 Å². The normalized spacial score (nSPS) is 25.0. The Hall–Kier alpha value is -1.73. The zero-order valence-electron chi connectivity index (χ0n) is 13.6. The van der Waals surface area contributed by atoms with Crippen LogP contribution in [-0.2, 0) is 5.60 Å². The van der Waals surface area contributed by atoms with Gasteiger partial charge in [0.15, 0.2) is 0 Å². The molecule has 0 radical (unpaired) electrons. The van der Waals surface area contributed by atoms with Gasteiger partial charge in [0.25, 0.3) is 0 Å². The zero-order valence-corrected chi connectivity index (χ0v) is 14.3. The molecule has 4 rings (SSSR count). The molecule has 1 aliphatic carbocycles. The summed E-state index contributed by atoms with van der Waals surface area (Å²) in [4.78, 5) is 2.43. The quantitative estimate of drug-likeness (QED) is 0.828. The third-order valence-electron chi connectivity index (χ3n) is 5.34. The van der Waals surface area contributed by atoms with E-state index in [0.29, 0.717) is 10.9 Å². The number of nitrogens with one attached hydrogen (secondary N) is 1. The fraction of sp³-hybridized carbons (Fsp3) is 0.400. The average molecular weight is 341 g/mol. The van der Waals surface area contributed by atoms with Gasteiger partial charge in [0.05, 0.1) is 11.3 Å². The lowest BCUT2D eigenvalue weighted by atomic mass is 9.84. The van der Waals surface area contributed by atoms with Gasteiger partial charge in [-0.05, 0) is 54.3 Å². The van der Waals surface area contributed by atoms with E-state index >= 15 is 0 Å². The number of allylic oxidation sites excluding steroid dienone is 2. The first-order chi connectivity index (χ1) is 11.6. The first-order valence-electron chi connectivity index (χ1n) is 8.50. The van der Waals surface area contributed by atoms with E-state index in [4.69, 9.17) is 11.6 Å². The molecule has 24 heavy (non-hydrogen) atoms. The highest BCUT2D eigenvalue weighted by atomic mass is 35.5. The van der Waals surface area contributed by atoms with Crippen LogP contribution in [0.4, 0.5) is 0 Å². The SMILES string of the molecule is OC1(c2ccc(Cl)cc2)CCN(CC2=CNC3=C=C=CCC32)CC1. The Morgan fingerprint density at radius 2 is 2.00 bits per heavy atom. The van der Waals surface area contributed by atoms with Crippen molar-refractivity contribution in [3.8, 4) is 0 Å². The largest absolute Gasteiger partial charge is 0.385 e. The van der Waals surface area contributed by atoms with E-state index in [9.17, 15) is 5.11 Å². The highest BCUT2D eigenvalue weighted by molar-refractivity contribution is 6.30. The maximum absolute atomic E-state index is 11.0. The summed E-state index contributed by atoms with van der Waals surface area (Å²) in [6.07, 6.45) is 6.69. The Bertz CT molecular complexity index is 759. The monoisotopic (exact) mass is 340 g/mol. The Labute approximate surface area is 147 Å². The molecule has 0 saturated carbocycles. The van der Waals surface area contributed by atoms with Gasteiger partial charge in [-0.25, -0.2) is 0 Å². The number of halogens is 1. The molecular formula is C20H21ClN2O. The molecule has 2 aliphatic heterocycles. The summed E-state index contributed by atoms with van der Waals surface area (Å²) in [5.74, 6) is 0.434. The minimum Gasteiger partial charge on any atom is -0.385 e. The number of rotatable bonds is 3. The predicted octanol–water partition coefficient (Wildman–Crippen LogP) is 3.32. The van der Waals surface area contributed by atoms with Gasteiger partial charge in [0, 0.05) is 36.8 Å². The van der Waals surface area contributed by atoms with Crippen molar-refractivity contribution in [2.75, 3.05) is 19.6 Å². The fourth-order valence-electron chi connectivity index (χ4n) is 3.80. The number of likely N-dealkylation sites (tertiary alicyclic amines) is 1. The molecular weight excluding hydrogens is 320 g/mol. The third kappa shape index (κ3) is 2.98. The standard InChI is InChI=1S/C20H21ClN2O/c21-17-7-5-16(6-8-17)20(24)9-11-23(12-10-20)14-15-13-22-19-4-2-1-3-18(15)19/h1,5-8,13,18,22,24H,3,9-12,14H2. The molecule has 4 heteroatoms. The molecule has 3 nitrogen and oxygen atoms in total. The van der Waals surface area contributed by atoms with E-state index in [1.165, 1.54) is 5.57 Å². The van der Waals surface area contributed by atoms with E-state index in [-0.39, 0.29) is 0 Å². The first-order valence-corrected chi connectivity index (χ1v) is 8.88. The van der Waals surface area contributed by atoms with Gasteiger partial charge in [-0.3, -0.25) is 4.90 Å². The van der Waals surface area contributed by atoms with E-state index in [1.807, 2.05) is 24.3 Å². The topological polar surface area (TPSA) is 35.5 Å². The van der Waals surface area contributed by atoms with Crippen molar-refractivity contribution in [2.24, 2.45) is 5.92 Å². The fourth-order valence-corrected chi connectivity index (χ4v) is 3.92. The van der Waals surface area contributed by atoms with Crippen molar-refractivity contribution in [1.29, 1.82) is 0 Å². The summed E-state index contributed by atoms with van der Waals surface area (Å²) >= 11 is 5.95. The highest BCUT2D eigenvalue weighted by Gasteiger charge is 2.35. The van der Waals surface area contributed by atoms with Crippen molar-refractivity contribution in [1.82, 2.24) is 10.2 Å². The molecule has 3 aliphatic rings. The molecule has 124 valence electrons. The minimum absolute atomic E-state index is 0.434. The van der Waals surface area contributed by atoms with Crippen LogP contribution in [-0.4, -0.2) is 29.6 Å². The van der Waals surface area contributed by atoms with Gasteiger partial charge in [-0.2, -0.15) is 0 Å². The van der Waals surface area contributed by atoms with Crippen LogP contribution >= 0.6 is 11.6 Å². The molecule has 0 amide bonds. The van der Waals surface area contributed by atoms with E-state index in [2.05, 4.69) is 34.0 Å². The molecule has 1 fully saturated rings. The minimum atomic E-state index is -0.731. The molecule has 1 aromatic carbocycles. The van der Waals surface area contributed by atoms with E-state index < -0.39 is 5.60 Å². The zero-order chi connectivity index (χ0) is 16.6. The van der Waals surface area contributed by atoms with Crippen LogP contribution in [0.3, 0.4) is 0 Å². The van der Waals surface area contributed by atoms with Gasteiger partial charge in [-0.15, -0.1) is 0 Å². The molecule has 0 aromatic heterocycles. The molecule has 2 N–H and O–H groups in total. The van der Waals surface area contributed by atoms with Crippen molar-refractivity contribution in [3.63, 3.8) is 0 Å². The lowest BCUT2D eigenvalue weighted by Crippen LogP contribution is -2.43. The van der Waals surface area contributed by atoms with Crippen LogP contribution in [0.15, 0.2) is 59.3 Å². The third-order valence-corrected chi connectivity index (χ3v) is 5.59. The summed E-state index contributed by atoms with van der Waals surface area (Å²) in [5.41, 5.74) is 9.01. The number of hydrogen-bond donors (Lipinski definition) is 2. The second-order valence-corrected chi connectivity index (χ2v) is 7.29. The maximum Gasteiger partial charge on any atom is 0.0920 e. The molecule has 2 heterocycles. The second-order valence-electron chi connectivity index (χ2n) is 6.85. The Morgan fingerprint density at radius 1 is 1.25 bits per heavy atom. The Morgan fingerprint density at radius 3 is 2.75 bits per heavy atom. The Kier molecular flexibility index (Phi) is 4.14. The average Bonchev–Trinajstić information content (AvgIpc) is 3.01. The summed E-state index contributed by atoms with van der Waals surface area (Å²) in [7, 11) is 0. The van der Waals surface area contributed by atoms with Crippen LogP contribution in [0.5, 0.6) is 0 Å². The number of aliphatic hydroxyl groups is 1. The lowest BCUT2D eigenvalue weighted by Gasteiger charge is -2.39. The van der Waals surface area contributed by atoms with Crippen LogP contribution in [0.25, 0.3) is 0 Å². The van der Waals surface area contributed by atoms with E-state index in [0.717, 1.165) is 50.2 Å².